The van der Waals surface area contributed by atoms with Crippen LogP contribution in [0.4, 0.5) is 0 Å². The molecule has 1 rings (SSSR count). The molecule has 0 aromatic carbocycles. The SMILES string of the molecule is CCC(C)NCc1snc(OC)c1Cl. The van der Waals surface area contributed by atoms with Crippen LogP contribution >= 0.6 is 23.1 Å². The minimum absolute atomic E-state index is 0.499. The predicted molar refractivity (Wildman–Crippen MR) is 60.3 cm³/mol. The Morgan fingerprint density at radius 2 is 2.36 bits per heavy atom. The van der Waals surface area contributed by atoms with Crippen LogP contribution in [-0.2, 0) is 6.54 Å². The van der Waals surface area contributed by atoms with Crippen LogP contribution in [0.25, 0.3) is 0 Å². The van der Waals surface area contributed by atoms with Gasteiger partial charge in [0.25, 0.3) is 0 Å². The molecule has 0 fully saturated rings. The fourth-order valence-electron chi connectivity index (χ4n) is 0.944. The molecule has 0 spiro atoms. The Labute approximate surface area is 93.6 Å². The number of hydrogen-bond acceptors (Lipinski definition) is 4. The van der Waals surface area contributed by atoms with Crippen molar-refractivity contribution in [2.24, 2.45) is 0 Å². The molecular weight excluding hydrogens is 220 g/mol. The van der Waals surface area contributed by atoms with Gasteiger partial charge in [0, 0.05) is 12.6 Å². The third-order valence-corrected chi connectivity index (χ3v) is 3.42. The van der Waals surface area contributed by atoms with Gasteiger partial charge in [-0.05, 0) is 24.9 Å². The summed E-state index contributed by atoms with van der Waals surface area (Å²) in [5.41, 5.74) is 0. The number of hydrogen-bond donors (Lipinski definition) is 1. The number of halogens is 1. The van der Waals surface area contributed by atoms with Gasteiger partial charge in [0.2, 0.25) is 5.88 Å². The second-order valence-electron chi connectivity index (χ2n) is 3.12. The van der Waals surface area contributed by atoms with E-state index in [4.69, 9.17) is 16.3 Å². The average molecular weight is 235 g/mol. The summed E-state index contributed by atoms with van der Waals surface area (Å²) in [5, 5.41) is 3.99. The summed E-state index contributed by atoms with van der Waals surface area (Å²) >= 11 is 7.42. The first-order valence-corrected chi connectivity index (χ1v) is 5.75. The van der Waals surface area contributed by atoms with Crippen LogP contribution in [-0.4, -0.2) is 17.5 Å². The maximum absolute atomic E-state index is 6.03. The Hall–Kier alpha value is -0.320. The summed E-state index contributed by atoms with van der Waals surface area (Å²) in [6.45, 7) is 5.05. The first kappa shape index (κ1) is 11.8. The lowest BCUT2D eigenvalue weighted by molar-refractivity contribution is 0.402. The molecule has 0 saturated carbocycles. The van der Waals surface area contributed by atoms with Crippen molar-refractivity contribution in [3.8, 4) is 5.88 Å². The number of methoxy groups -OCH3 is 1. The Kier molecular flexibility index (Phi) is 4.65. The Balaban J connectivity index is 2.54. The maximum Gasteiger partial charge on any atom is 0.244 e. The lowest BCUT2D eigenvalue weighted by Crippen LogP contribution is -2.24. The second-order valence-corrected chi connectivity index (χ2v) is 4.36. The monoisotopic (exact) mass is 234 g/mol. The molecule has 0 bridgehead atoms. The van der Waals surface area contributed by atoms with Crippen molar-refractivity contribution in [2.45, 2.75) is 32.9 Å². The lowest BCUT2D eigenvalue weighted by Gasteiger charge is -2.09. The number of rotatable bonds is 5. The van der Waals surface area contributed by atoms with Gasteiger partial charge in [0.1, 0.15) is 5.02 Å². The highest BCUT2D eigenvalue weighted by molar-refractivity contribution is 7.06. The highest BCUT2D eigenvalue weighted by atomic mass is 35.5. The number of ether oxygens (including phenoxy) is 1. The molecule has 1 aromatic rings. The van der Waals surface area contributed by atoms with Crippen LogP contribution in [0.1, 0.15) is 25.1 Å². The van der Waals surface area contributed by atoms with Crippen molar-refractivity contribution in [1.82, 2.24) is 9.69 Å². The van der Waals surface area contributed by atoms with E-state index in [2.05, 4.69) is 23.5 Å². The third kappa shape index (κ3) is 2.83. The van der Waals surface area contributed by atoms with Gasteiger partial charge < -0.3 is 10.1 Å². The zero-order chi connectivity index (χ0) is 10.6. The van der Waals surface area contributed by atoms with Crippen LogP contribution < -0.4 is 10.1 Å². The molecule has 1 aromatic heterocycles. The summed E-state index contributed by atoms with van der Waals surface area (Å²) < 4.78 is 9.08. The molecule has 3 nitrogen and oxygen atoms in total. The van der Waals surface area contributed by atoms with Crippen molar-refractivity contribution in [1.29, 1.82) is 0 Å². The molecule has 1 unspecified atom stereocenters. The third-order valence-electron chi connectivity index (χ3n) is 2.09. The van der Waals surface area contributed by atoms with Crippen molar-refractivity contribution < 1.29 is 4.74 Å². The van der Waals surface area contributed by atoms with Gasteiger partial charge in [-0.1, -0.05) is 18.5 Å². The van der Waals surface area contributed by atoms with Crippen LogP contribution in [0, 0.1) is 0 Å². The normalized spacial score (nSPS) is 12.9. The smallest absolute Gasteiger partial charge is 0.244 e. The lowest BCUT2D eigenvalue weighted by atomic mass is 10.2. The minimum Gasteiger partial charge on any atom is -0.479 e. The van der Waals surface area contributed by atoms with Gasteiger partial charge in [-0.15, -0.1) is 0 Å². The summed E-state index contributed by atoms with van der Waals surface area (Å²) in [7, 11) is 1.58. The van der Waals surface area contributed by atoms with Gasteiger partial charge >= 0.3 is 0 Å². The molecule has 0 radical (unpaired) electrons. The molecule has 80 valence electrons. The molecule has 5 heteroatoms. The second kappa shape index (κ2) is 5.53. The fourth-order valence-corrected chi connectivity index (χ4v) is 1.96. The summed E-state index contributed by atoms with van der Waals surface area (Å²) in [4.78, 5) is 1.03. The highest BCUT2D eigenvalue weighted by Gasteiger charge is 2.11. The zero-order valence-corrected chi connectivity index (χ0v) is 10.2. The molecule has 1 heterocycles. The summed E-state index contributed by atoms with van der Waals surface area (Å²) in [6.07, 6.45) is 1.10. The van der Waals surface area contributed by atoms with Crippen LogP contribution in [0.3, 0.4) is 0 Å². The van der Waals surface area contributed by atoms with Gasteiger partial charge in [-0.3, -0.25) is 0 Å². The Bertz CT molecular complexity index is 290. The first-order chi connectivity index (χ1) is 6.69. The van der Waals surface area contributed by atoms with E-state index in [1.807, 2.05) is 0 Å². The largest absolute Gasteiger partial charge is 0.479 e. The van der Waals surface area contributed by atoms with E-state index in [0.29, 0.717) is 16.9 Å². The summed E-state index contributed by atoms with van der Waals surface area (Å²) in [6, 6.07) is 0.499. The standard InChI is InChI=1S/C9H15ClN2OS/c1-4-6(2)11-5-7-8(10)9(13-3)12-14-7/h6,11H,4-5H2,1-3H3. The van der Waals surface area contributed by atoms with Crippen molar-refractivity contribution in [3.63, 3.8) is 0 Å². The van der Waals surface area contributed by atoms with E-state index < -0.39 is 0 Å². The van der Waals surface area contributed by atoms with Crippen LogP contribution in [0.15, 0.2) is 0 Å². The minimum atomic E-state index is 0.499. The molecule has 0 aliphatic heterocycles. The average Bonchev–Trinajstić information content (AvgIpc) is 2.56. The van der Waals surface area contributed by atoms with Gasteiger partial charge in [-0.2, -0.15) is 4.37 Å². The highest BCUT2D eigenvalue weighted by Crippen LogP contribution is 2.30. The van der Waals surface area contributed by atoms with E-state index in [-0.39, 0.29) is 0 Å². The first-order valence-electron chi connectivity index (χ1n) is 4.60. The fraction of sp³-hybridized carbons (Fsp3) is 0.667. The molecule has 0 aliphatic carbocycles. The van der Waals surface area contributed by atoms with Gasteiger partial charge in [0.05, 0.1) is 12.0 Å². The van der Waals surface area contributed by atoms with Crippen LogP contribution in [0.5, 0.6) is 5.88 Å². The van der Waals surface area contributed by atoms with Crippen molar-refractivity contribution in [3.05, 3.63) is 9.90 Å². The van der Waals surface area contributed by atoms with Crippen molar-refractivity contribution >= 4 is 23.1 Å². The van der Waals surface area contributed by atoms with E-state index in [1.54, 1.807) is 7.11 Å². The Morgan fingerprint density at radius 3 is 2.86 bits per heavy atom. The van der Waals surface area contributed by atoms with Crippen LogP contribution in [0.2, 0.25) is 5.02 Å². The molecule has 0 amide bonds. The topological polar surface area (TPSA) is 34.2 Å². The molecule has 0 saturated heterocycles. The molecule has 14 heavy (non-hydrogen) atoms. The van der Waals surface area contributed by atoms with E-state index in [0.717, 1.165) is 17.8 Å². The zero-order valence-electron chi connectivity index (χ0n) is 8.63. The molecule has 0 aliphatic rings. The van der Waals surface area contributed by atoms with E-state index >= 15 is 0 Å². The van der Waals surface area contributed by atoms with E-state index in [9.17, 15) is 0 Å². The Morgan fingerprint density at radius 1 is 1.64 bits per heavy atom. The number of aromatic nitrogens is 1. The van der Waals surface area contributed by atoms with Crippen molar-refractivity contribution in [2.75, 3.05) is 7.11 Å². The molecule has 1 atom stereocenters. The quantitative estimate of drug-likeness (QED) is 0.851. The van der Waals surface area contributed by atoms with Gasteiger partial charge in [0.15, 0.2) is 0 Å². The predicted octanol–water partition coefficient (Wildman–Crippen LogP) is 2.69. The van der Waals surface area contributed by atoms with Gasteiger partial charge in [-0.25, -0.2) is 0 Å². The maximum atomic E-state index is 6.03. The molecule has 1 N–H and O–H groups in total. The van der Waals surface area contributed by atoms with E-state index in [1.165, 1.54) is 11.5 Å². The summed E-state index contributed by atoms with van der Waals surface area (Å²) in [5.74, 6) is 0.526. The number of nitrogens with zero attached hydrogens (tertiary/aromatic N) is 1. The number of nitrogens with one attached hydrogen (secondary N) is 1. The molecular formula is C9H15ClN2OS.